The van der Waals surface area contributed by atoms with Crippen LogP contribution in [-0.4, -0.2) is 6.01 Å². The average Bonchev–Trinajstić information content (AvgIpc) is 1.76. The highest BCUT2D eigenvalue weighted by Gasteiger charge is 1.60. The van der Waals surface area contributed by atoms with Gasteiger partial charge in [0.2, 0.25) is 0 Å². The Balaban J connectivity index is 3.13. The fraction of sp³-hybridized carbons (Fsp3) is 0. The van der Waals surface area contributed by atoms with E-state index in [4.69, 9.17) is 0 Å². The van der Waals surface area contributed by atoms with Crippen molar-refractivity contribution in [3.05, 3.63) is 0 Å². The van der Waals surface area contributed by atoms with Gasteiger partial charge in [0.15, 0.2) is 0 Å². The van der Waals surface area contributed by atoms with Crippen LogP contribution in [0.1, 0.15) is 0 Å². The molecule has 0 aromatic rings. The highest BCUT2D eigenvalue weighted by Crippen LogP contribution is 1.65. The van der Waals surface area contributed by atoms with Crippen LogP contribution in [0.4, 0.5) is 0 Å². The lowest BCUT2D eigenvalue weighted by atomic mass is 11.1. The molecule has 0 unspecified atom stereocenters. The van der Waals surface area contributed by atoms with Crippen molar-refractivity contribution in [2.24, 2.45) is 9.98 Å². The minimum Gasteiger partial charge on any atom is -0.132 e. The van der Waals surface area contributed by atoms with Crippen molar-refractivity contribution in [1.82, 2.24) is 0 Å². The molecule has 5 heavy (non-hydrogen) atoms. The number of nitrogens with zero attached hydrogens (tertiary/aromatic N) is 2. The van der Waals surface area contributed by atoms with E-state index in [9.17, 15) is 0 Å². The zero-order chi connectivity index (χ0) is 3.54. The van der Waals surface area contributed by atoms with Crippen LogP contribution in [0.3, 0.4) is 0 Å². The van der Waals surface area contributed by atoms with Gasteiger partial charge >= 0.3 is 0 Å². The Hall–Kier alpha value is -1.06. The number of rotatable bonds is 0. The molecule has 0 atom stereocenters. The van der Waals surface area contributed by atoms with Gasteiger partial charge in [0.1, 0.15) is 6.01 Å². The lowest BCUT2D eigenvalue weighted by Gasteiger charge is -1.34. The van der Waals surface area contributed by atoms with Gasteiger partial charge in [-0.15, -0.1) is 9.98 Å². The van der Waals surface area contributed by atoms with Crippen molar-refractivity contribution in [3.63, 3.8) is 0 Å². The van der Waals surface area contributed by atoms with Crippen LogP contribution in [0, 0.1) is 12.1 Å². The molecule has 0 aromatic heterocycles. The van der Waals surface area contributed by atoms with Gasteiger partial charge in [-0.1, -0.05) is 0 Å². The Bertz CT molecular complexity index is 128. The van der Waals surface area contributed by atoms with Crippen LogP contribution in [0.15, 0.2) is 9.98 Å². The maximum Gasteiger partial charge on any atom is 0.119 e. The van der Waals surface area contributed by atoms with E-state index in [1.165, 1.54) is 0 Å². The number of hydrogen-bond donors (Lipinski definition) is 0. The average molecular weight is 64.0 g/mol. The number of hydrogen-bond acceptors (Lipinski definition) is 2. The van der Waals surface area contributed by atoms with E-state index >= 15 is 0 Å². The standard InChI is InChI=1S/C3N2/c1-2-5-3-4-1. The van der Waals surface area contributed by atoms with Crippen molar-refractivity contribution in [1.29, 1.82) is 0 Å². The van der Waals surface area contributed by atoms with Crippen molar-refractivity contribution in [2.45, 2.75) is 0 Å². The predicted molar refractivity (Wildman–Crippen MR) is 17.6 cm³/mol. The highest BCUT2D eigenvalue weighted by atomic mass is 14.8. The van der Waals surface area contributed by atoms with E-state index < -0.39 is 0 Å². The van der Waals surface area contributed by atoms with Gasteiger partial charge in [-0.2, -0.15) is 0 Å². The maximum absolute atomic E-state index is 3.31. The largest absolute Gasteiger partial charge is 0.132 e. The third kappa shape index (κ3) is 0.167. The summed E-state index contributed by atoms with van der Waals surface area (Å²) in [5.41, 5.74) is 0. The van der Waals surface area contributed by atoms with Crippen molar-refractivity contribution in [3.8, 4) is 12.1 Å². The summed E-state index contributed by atoms with van der Waals surface area (Å²) in [4.78, 5) is 6.61. The Morgan fingerprint density at radius 2 is 1.60 bits per heavy atom. The molecular formula is C3N2. The van der Waals surface area contributed by atoms with Gasteiger partial charge in [-0.25, -0.2) is 0 Å². The number of aliphatic imine (C=N–C) groups is 2. The molecule has 1 aliphatic rings. The topological polar surface area (TPSA) is 24.7 Å². The van der Waals surface area contributed by atoms with Crippen LogP contribution in [0.2, 0.25) is 0 Å². The minimum atomic E-state index is 2.25. The fourth-order valence-electron chi connectivity index (χ4n) is 0.125. The molecule has 1 rings (SSSR count). The van der Waals surface area contributed by atoms with Crippen LogP contribution in [0.25, 0.3) is 0 Å². The summed E-state index contributed by atoms with van der Waals surface area (Å²) in [6.07, 6.45) is 0. The third-order valence-electron chi connectivity index (χ3n) is 0.262. The summed E-state index contributed by atoms with van der Waals surface area (Å²) >= 11 is 0. The first-order valence-corrected chi connectivity index (χ1v) is 1.14. The Morgan fingerprint density at radius 3 is 1.80 bits per heavy atom. The molecule has 0 saturated carbocycles. The summed E-state index contributed by atoms with van der Waals surface area (Å²) in [7, 11) is 0. The van der Waals surface area contributed by atoms with Gasteiger partial charge in [0.05, 0.1) is 12.1 Å². The predicted octanol–water partition coefficient (Wildman–Crippen LogP) is 0.0923. The molecule has 1 heterocycles. The molecule has 0 amide bonds. The molecule has 0 spiro atoms. The Morgan fingerprint density at radius 1 is 1.00 bits per heavy atom. The fourth-order valence-corrected chi connectivity index (χ4v) is 0.125. The van der Waals surface area contributed by atoms with E-state index in [0.717, 1.165) is 0 Å². The zero-order valence-corrected chi connectivity index (χ0v) is 2.39. The monoisotopic (exact) mass is 64.0 g/mol. The minimum absolute atomic E-state index is 2.25. The van der Waals surface area contributed by atoms with Gasteiger partial charge in [0, 0.05) is 0 Å². The highest BCUT2D eigenvalue weighted by molar-refractivity contribution is 5.49. The second-order valence-corrected chi connectivity index (χ2v) is 0.547. The second kappa shape index (κ2) is 0.713. The second-order valence-electron chi connectivity index (χ2n) is 0.547. The molecule has 0 bridgehead atoms. The molecule has 0 saturated heterocycles. The van der Waals surface area contributed by atoms with E-state index in [-0.39, 0.29) is 0 Å². The lowest BCUT2D eigenvalue weighted by molar-refractivity contribution is 1.75. The van der Waals surface area contributed by atoms with Crippen molar-refractivity contribution < 1.29 is 0 Å². The smallest absolute Gasteiger partial charge is 0.119 e. The van der Waals surface area contributed by atoms with E-state index in [1.54, 1.807) is 0 Å². The summed E-state index contributed by atoms with van der Waals surface area (Å²) < 4.78 is 0. The SMILES string of the molecule is C1=NC#CN=1. The first-order valence-electron chi connectivity index (χ1n) is 1.14. The summed E-state index contributed by atoms with van der Waals surface area (Å²) in [5, 5.41) is 0. The van der Waals surface area contributed by atoms with Crippen LogP contribution >= 0.6 is 0 Å². The quantitative estimate of drug-likeness (QED) is 0.357. The molecule has 0 aliphatic carbocycles. The van der Waals surface area contributed by atoms with E-state index in [1.807, 2.05) is 0 Å². The van der Waals surface area contributed by atoms with Gasteiger partial charge < -0.3 is 0 Å². The van der Waals surface area contributed by atoms with E-state index in [2.05, 4.69) is 28.1 Å². The van der Waals surface area contributed by atoms with Crippen LogP contribution in [-0.2, 0) is 0 Å². The zero-order valence-electron chi connectivity index (χ0n) is 2.39. The van der Waals surface area contributed by atoms with Gasteiger partial charge in [0.25, 0.3) is 0 Å². The molecule has 2 heteroatoms. The third-order valence-corrected chi connectivity index (χ3v) is 0.262. The first-order chi connectivity index (χ1) is 2.50. The summed E-state index contributed by atoms with van der Waals surface area (Å²) in [6.45, 7) is 0. The normalized spacial score (nSPS) is 11.2. The Labute approximate surface area is 29.3 Å². The molecule has 1 aliphatic heterocycles. The van der Waals surface area contributed by atoms with E-state index in [0.29, 0.717) is 0 Å². The molecule has 2 nitrogen and oxygen atoms in total. The summed E-state index contributed by atoms with van der Waals surface area (Å²) in [6, 6.07) is 6.89. The molecular weight excluding hydrogens is 64.0 g/mol. The maximum atomic E-state index is 3.31. The van der Waals surface area contributed by atoms with Gasteiger partial charge in [-0.05, 0) is 0 Å². The molecule has 0 fully saturated rings. The van der Waals surface area contributed by atoms with Crippen molar-refractivity contribution in [2.75, 3.05) is 0 Å². The molecule has 0 radical (unpaired) electrons. The lowest BCUT2D eigenvalue weighted by Crippen LogP contribution is -1.31. The van der Waals surface area contributed by atoms with Crippen LogP contribution in [0.5, 0.6) is 0 Å². The Kier molecular flexibility index (Phi) is 0.313. The van der Waals surface area contributed by atoms with Crippen molar-refractivity contribution >= 4 is 6.01 Å². The van der Waals surface area contributed by atoms with Gasteiger partial charge in [-0.3, -0.25) is 0 Å². The first kappa shape index (κ1) is 2.19. The van der Waals surface area contributed by atoms with Crippen LogP contribution < -0.4 is 0 Å². The molecule has 0 aromatic carbocycles. The summed E-state index contributed by atoms with van der Waals surface area (Å²) in [5.74, 6) is 0. The molecule has 22 valence electrons. The molecule has 0 N–H and O–H groups in total.